The van der Waals surface area contributed by atoms with Crippen molar-refractivity contribution >= 4 is 0 Å². The van der Waals surface area contributed by atoms with E-state index in [4.69, 9.17) is 33.2 Å². The molecular formula is C30H61FO7. The van der Waals surface area contributed by atoms with E-state index in [1.54, 1.807) is 0 Å². The lowest BCUT2D eigenvalue weighted by atomic mass is 10.0. The van der Waals surface area contributed by atoms with Gasteiger partial charge in [-0.25, -0.2) is 4.39 Å². The quantitative estimate of drug-likeness (QED) is 0.0826. The Morgan fingerprint density at radius 1 is 0.289 bits per heavy atom. The van der Waals surface area contributed by atoms with E-state index in [9.17, 15) is 4.39 Å². The van der Waals surface area contributed by atoms with Gasteiger partial charge < -0.3 is 33.2 Å². The molecule has 0 atom stereocenters. The largest absolute Gasteiger partial charge is 0.379 e. The number of unbranched alkanes of at least 4 members (excludes halogenated alkanes) is 13. The van der Waals surface area contributed by atoms with E-state index in [1.165, 1.54) is 83.5 Å². The normalized spacial score (nSPS) is 11.5. The predicted molar refractivity (Wildman–Crippen MR) is 152 cm³/mol. The van der Waals surface area contributed by atoms with Gasteiger partial charge in [0.1, 0.15) is 6.67 Å². The van der Waals surface area contributed by atoms with Gasteiger partial charge in [0.25, 0.3) is 0 Å². The summed E-state index contributed by atoms with van der Waals surface area (Å²) in [6.07, 6.45) is 19.3. The van der Waals surface area contributed by atoms with Gasteiger partial charge in [-0.1, -0.05) is 90.4 Å². The summed E-state index contributed by atoms with van der Waals surface area (Å²) in [6, 6.07) is 0. The summed E-state index contributed by atoms with van der Waals surface area (Å²) in [5.74, 6) is 0. The minimum absolute atomic E-state index is 0.127. The van der Waals surface area contributed by atoms with Crippen molar-refractivity contribution in [3.05, 3.63) is 0 Å². The minimum Gasteiger partial charge on any atom is -0.379 e. The van der Waals surface area contributed by atoms with Crippen LogP contribution in [0.3, 0.4) is 0 Å². The van der Waals surface area contributed by atoms with Gasteiger partial charge in [-0.3, -0.25) is 0 Å². The average Bonchev–Trinajstić information content (AvgIpc) is 2.93. The van der Waals surface area contributed by atoms with Crippen molar-refractivity contribution in [2.24, 2.45) is 0 Å². The molecule has 0 aromatic carbocycles. The molecule has 0 fully saturated rings. The Labute approximate surface area is 233 Å². The molecule has 230 valence electrons. The molecule has 0 saturated carbocycles. The van der Waals surface area contributed by atoms with Crippen molar-refractivity contribution in [3.63, 3.8) is 0 Å². The number of halogens is 1. The van der Waals surface area contributed by atoms with Crippen molar-refractivity contribution in [1.29, 1.82) is 0 Å². The van der Waals surface area contributed by atoms with Gasteiger partial charge in [-0.05, 0) is 6.42 Å². The van der Waals surface area contributed by atoms with Crippen LogP contribution >= 0.6 is 0 Å². The Hall–Kier alpha value is -0.350. The predicted octanol–water partition coefficient (Wildman–Crippen LogP) is 6.55. The van der Waals surface area contributed by atoms with Gasteiger partial charge in [0.15, 0.2) is 0 Å². The Bertz CT molecular complexity index is 369. The van der Waals surface area contributed by atoms with E-state index in [1.807, 2.05) is 0 Å². The smallest absolute Gasteiger partial charge is 0.113 e. The molecule has 8 heteroatoms. The first-order chi connectivity index (χ1) is 18.9. The number of hydrogen-bond acceptors (Lipinski definition) is 7. The van der Waals surface area contributed by atoms with E-state index in [2.05, 4.69) is 6.92 Å². The lowest BCUT2D eigenvalue weighted by Crippen LogP contribution is -2.14. The molecule has 0 heterocycles. The van der Waals surface area contributed by atoms with E-state index in [-0.39, 0.29) is 6.61 Å². The molecule has 0 aliphatic heterocycles. The van der Waals surface area contributed by atoms with Crippen LogP contribution < -0.4 is 0 Å². The van der Waals surface area contributed by atoms with Gasteiger partial charge in [0, 0.05) is 6.61 Å². The highest BCUT2D eigenvalue weighted by Crippen LogP contribution is 2.12. The van der Waals surface area contributed by atoms with Crippen LogP contribution in [0.4, 0.5) is 4.39 Å². The van der Waals surface area contributed by atoms with Crippen LogP contribution in [0.25, 0.3) is 0 Å². The monoisotopic (exact) mass is 552 g/mol. The number of hydrogen-bond donors (Lipinski definition) is 0. The van der Waals surface area contributed by atoms with Gasteiger partial charge in [0.2, 0.25) is 0 Å². The molecule has 0 radical (unpaired) electrons. The van der Waals surface area contributed by atoms with Gasteiger partial charge >= 0.3 is 0 Å². The summed E-state index contributed by atoms with van der Waals surface area (Å²) in [4.78, 5) is 0. The Morgan fingerprint density at radius 3 is 0.816 bits per heavy atom. The van der Waals surface area contributed by atoms with Gasteiger partial charge in [-0.2, -0.15) is 0 Å². The zero-order chi connectivity index (χ0) is 27.5. The molecule has 0 saturated heterocycles. The fourth-order valence-corrected chi connectivity index (χ4v) is 3.87. The highest BCUT2D eigenvalue weighted by atomic mass is 19.1. The fourth-order valence-electron chi connectivity index (χ4n) is 3.87. The number of ether oxygens (including phenoxy) is 7. The van der Waals surface area contributed by atoms with Crippen LogP contribution in [0.2, 0.25) is 0 Å². The molecule has 0 aliphatic rings. The van der Waals surface area contributed by atoms with Crippen molar-refractivity contribution < 1.29 is 37.5 Å². The molecule has 0 unspecified atom stereocenters. The third kappa shape index (κ3) is 35.6. The maximum absolute atomic E-state index is 11.8. The summed E-state index contributed by atoms with van der Waals surface area (Å²) < 4.78 is 49.6. The second-order valence-corrected chi connectivity index (χ2v) is 9.57. The Kier molecular flexibility index (Phi) is 36.3. The number of alkyl halides is 1. The molecule has 0 aromatic rings. The van der Waals surface area contributed by atoms with Crippen LogP contribution in [-0.2, 0) is 33.2 Å². The molecule has 0 N–H and O–H groups in total. The van der Waals surface area contributed by atoms with E-state index in [0.29, 0.717) is 79.3 Å². The number of rotatable bonds is 35. The van der Waals surface area contributed by atoms with Crippen LogP contribution in [0.15, 0.2) is 0 Å². The van der Waals surface area contributed by atoms with Crippen molar-refractivity contribution in [3.8, 4) is 0 Å². The first-order valence-corrected chi connectivity index (χ1v) is 15.5. The summed E-state index contributed by atoms with van der Waals surface area (Å²) in [5.41, 5.74) is 0. The Balaban J connectivity index is 3.01. The van der Waals surface area contributed by atoms with Gasteiger partial charge in [0.05, 0.1) is 85.9 Å². The highest BCUT2D eigenvalue weighted by molar-refractivity contribution is 4.49. The standard InChI is InChI=1S/C30H61FO7/c1-2-3-4-5-6-7-8-9-10-11-12-13-14-15-17-32-19-21-34-23-25-36-27-29-38-30-28-37-26-24-35-22-20-33-18-16-31/h2-30H2,1H3. The van der Waals surface area contributed by atoms with E-state index >= 15 is 0 Å². The summed E-state index contributed by atoms with van der Waals surface area (Å²) in [6.45, 7) is 9.16. The zero-order valence-electron chi connectivity index (χ0n) is 24.7. The molecule has 0 aromatic heterocycles. The van der Waals surface area contributed by atoms with Crippen LogP contribution in [0.1, 0.15) is 96.8 Å². The highest BCUT2D eigenvalue weighted by Gasteiger charge is 1.96. The molecule has 0 bridgehead atoms. The SMILES string of the molecule is CCCCCCCCCCCCCCCCOCCOCCOCCOCCOCCOCCOCCF. The second kappa shape index (κ2) is 36.6. The topological polar surface area (TPSA) is 64.6 Å². The molecule has 0 amide bonds. The first kappa shape index (κ1) is 37.6. The molecular weight excluding hydrogens is 491 g/mol. The van der Waals surface area contributed by atoms with Crippen molar-refractivity contribution in [1.82, 2.24) is 0 Å². The third-order valence-corrected chi connectivity index (χ3v) is 6.10. The van der Waals surface area contributed by atoms with Crippen LogP contribution in [0, 0.1) is 0 Å². The second-order valence-electron chi connectivity index (χ2n) is 9.57. The molecule has 38 heavy (non-hydrogen) atoms. The molecule has 7 nitrogen and oxygen atoms in total. The van der Waals surface area contributed by atoms with Crippen molar-refractivity contribution in [2.45, 2.75) is 96.8 Å². The molecule has 0 rings (SSSR count). The lowest BCUT2D eigenvalue weighted by molar-refractivity contribution is -0.0208. The third-order valence-electron chi connectivity index (χ3n) is 6.10. The average molecular weight is 553 g/mol. The first-order valence-electron chi connectivity index (χ1n) is 15.5. The lowest BCUT2D eigenvalue weighted by Gasteiger charge is -2.08. The minimum atomic E-state index is -0.461. The van der Waals surface area contributed by atoms with Crippen molar-refractivity contribution in [2.75, 3.05) is 99.2 Å². The van der Waals surface area contributed by atoms with Crippen LogP contribution in [0.5, 0.6) is 0 Å². The molecule has 0 spiro atoms. The van der Waals surface area contributed by atoms with E-state index in [0.717, 1.165) is 13.0 Å². The maximum atomic E-state index is 11.8. The molecule has 0 aliphatic carbocycles. The van der Waals surface area contributed by atoms with Gasteiger partial charge in [-0.15, -0.1) is 0 Å². The maximum Gasteiger partial charge on any atom is 0.113 e. The summed E-state index contributed by atoms with van der Waals surface area (Å²) in [7, 11) is 0. The summed E-state index contributed by atoms with van der Waals surface area (Å²) >= 11 is 0. The Morgan fingerprint density at radius 2 is 0.526 bits per heavy atom. The fraction of sp³-hybridized carbons (Fsp3) is 1.00. The van der Waals surface area contributed by atoms with E-state index < -0.39 is 6.67 Å². The zero-order valence-corrected chi connectivity index (χ0v) is 24.7. The summed E-state index contributed by atoms with van der Waals surface area (Å²) in [5, 5.41) is 0. The van der Waals surface area contributed by atoms with Crippen LogP contribution in [-0.4, -0.2) is 99.2 Å².